The van der Waals surface area contributed by atoms with Crippen LogP contribution in [-0.4, -0.2) is 13.0 Å². The Hall–Kier alpha value is -1.35. The van der Waals surface area contributed by atoms with E-state index in [9.17, 15) is 4.79 Å². The van der Waals surface area contributed by atoms with Gasteiger partial charge in [-0.05, 0) is 6.07 Å². The minimum atomic E-state index is 0.0635. The summed E-state index contributed by atoms with van der Waals surface area (Å²) in [5.41, 5.74) is 0.998. The van der Waals surface area contributed by atoms with E-state index in [-0.39, 0.29) is 5.91 Å². The highest BCUT2D eigenvalue weighted by Crippen LogP contribution is 2.31. The molecular formula is C11H11NOS. The first kappa shape index (κ1) is 9.21. The van der Waals surface area contributed by atoms with Gasteiger partial charge in [0.15, 0.2) is 0 Å². The molecule has 0 aliphatic carbocycles. The van der Waals surface area contributed by atoms with Crippen LogP contribution in [0, 0.1) is 0 Å². The predicted octanol–water partition coefficient (Wildman–Crippen LogP) is 2.88. The van der Waals surface area contributed by atoms with Crippen molar-refractivity contribution in [2.45, 2.75) is 6.92 Å². The lowest BCUT2D eigenvalue weighted by Crippen LogP contribution is -2.22. The molecule has 0 N–H and O–H groups in total. The first-order valence-electron chi connectivity index (χ1n) is 4.40. The largest absolute Gasteiger partial charge is 0.314 e. The highest BCUT2D eigenvalue weighted by molar-refractivity contribution is 7.17. The van der Waals surface area contributed by atoms with E-state index in [0.717, 1.165) is 11.1 Å². The zero-order chi connectivity index (χ0) is 10.1. The van der Waals surface area contributed by atoms with Crippen molar-refractivity contribution in [1.82, 2.24) is 0 Å². The van der Waals surface area contributed by atoms with Gasteiger partial charge in [-0.2, -0.15) is 0 Å². The Labute approximate surface area is 86.8 Å². The van der Waals surface area contributed by atoms with Crippen LogP contribution in [0.1, 0.15) is 6.92 Å². The van der Waals surface area contributed by atoms with Gasteiger partial charge in [-0.1, -0.05) is 18.2 Å². The van der Waals surface area contributed by atoms with Gasteiger partial charge in [0.25, 0.3) is 0 Å². The average Bonchev–Trinajstić information content (AvgIpc) is 2.60. The smallest absolute Gasteiger partial charge is 0.223 e. The summed E-state index contributed by atoms with van der Waals surface area (Å²) in [6.45, 7) is 1.58. The molecule has 1 amide bonds. The number of amides is 1. The third-order valence-electron chi connectivity index (χ3n) is 2.29. The summed E-state index contributed by atoms with van der Waals surface area (Å²) in [5.74, 6) is 0.0635. The zero-order valence-electron chi connectivity index (χ0n) is 8.15. The number of hydrogen-bond acceptors (Lipinski definition) is 2. The fourth-order valence-electron chi connectivity index (χ4n) is 1.39. The highest BCUT2D eigenvalue weighted by atomic mass is 32.1. The Morgan fingerprint density at radius 2 is 2.07 bits per heavy atom. The van der Waals surface area contributed by atoms with Crippen molar-refractivity contribution in [2.75, 3.05) is 11.9 Å². The Kier molecular flexibility index (Phi) is 2.25. The lowest BCUT2D eigenvalue weighted by molar-refractivity contribution is -0.116. The molecule has 0 aliphatic heterocycles. The zero-order valence-corrected chi connectivity index (χ0v) is 8.97. The summed E-state index contributed by atoms with van der Waals surface area (Å²) in [4.78, 5) is 12.9. The minimum absolute atomic E-state index is 0.0635. The number of carbonyl (C=O) groups excluding carboxylic acids is 1. The Bertz CT molecular complexity index is 475. The number of nitrogens with zero attached hydrogens (tertiary/aromatic N) is 1. The van der Waals surface area contributed by atoms with Gasteiger partial charge in [-0.3, -0.25) is 4.79 Å². The van der Waals surface area contributed by atoms with Crippen molar-refractivity contribution in [3.63, 3.8) is 0 Å². The molecule has 2 aromatic rings. The quantitative estimate of drug-likeness (QED) is 0.701. The number of carbonyl (C=O) groups is 1. The van der Waals surface area contributed by atoms with E-state index in [0.29, 0.717) is 0 Å². The number of hydrogen-bond donors (Lipinski definition) is 0. The van der Waals surface area contributed by atoms with Crippen LogP contribution in [0.25, 0.3) is 10.1 Å². The molecule has 0 bridgehead atoms. The lowest BCUT2D eigenvalue weighted by atomic mass is 10.2. The fraction of sp³-hybridized carbons (Fsp3) is 0.182. The van der Waals surface area contributed by atoms with Gasteiger partial charge in [0.05, 0.1) is 5.69 Å². The van der Waals surface area contributed by atoms with Crippen molar-refractivity contribution in [3.05, 3.63) is 29.6 Å². The van der Waals surface area contributed by atoms with E-state index in [2.05, 4.69) is 6.07 Å². The van der Waals surface area contributed by atoms with E-state index >= 15 is 0 Å². The summed E-state index contributed by atoms with van der Waals surface area (Å²) >= 11 is 1.67. The number of fused-ring (bicyclic) bond motifs is 1. The first-order valence-corrected chi connectivity index (χ1v) is 5.28. The van der Waals surface area contributed by atoms with Crippen molar-refractivity contribution in [3.8, 4) is 0 Å². The number of benzene rings is 1. The molecule has 1 aromatic heterocycles. The predicted molar refractivity (Wildman–Crippen MR) is 60.9 cm³/mol. The third kappa shape index (κ3) is 1.40. The van der Waals surface area contributed by atoms with Gasteiger partial charge in [-0.25, -0.2) is 0 Å². The molecule has 0 spiro atoms. The van der Waals surface area contributed by atoms with Crippen LogP contribution in [0.3, 0.4) is 0 Å². The molecule has 2 nitrogen and oxygen atoms in total. The molecule has 3 heteroatoms. The standard InChI is InChI=1S/C11H11NOS/c1-8(13)12(2)10-7-14-11-6-4-3-5-9(10)11/h3-7H,1-2H3. The van der Waals surface area contributed by atoms with Gasteiger partial charge in [-0.15, -0.1) is 11.3 Å². The summed E-state index contributed by atoms with van der Waals surface area (Å²) in [6, 6.07) is 8.11. The molecule has 0 aliphatic rings. The highest BCUT2D eigenvalue weighted by Gasteiger charge is 2.10. The molecule has 14 heavy (non-hydrogen) atoms. The Morgan fingerprint density at radius 1 is 1.36 bits per heavy atom. The van der Waals surface area contributed by atoms with E-state index in [1.165, 1.54) is 4.70 Å². The summed E-state index contributed by atoms with van der Waals surface area (Å²) in [5, 5.41) is 3.17. The second-order valence-corrected chi connectivity index (χ2v) is 4.11. The molecule has 0 saturated carbocycles. The van der Waals surface area contributed by atoms with Gasteiger partial charge in [0.1, 0.15) is 0 Å². The van der Waals surface area contributed by atoms with Crippen LogP contribution in [0.15, 0.2) is 29.6 Å². The maximum absolute atomic E-state index is 11.2. The molecule has 2 rings (SSSR count). The van der Waals surface area contributed by atoms with Gasteiger partial charge in [0, 0.05) is 29.4 Å². The van der Waals surface area contributed by atoms with Crippen molar-refractivity contribution < 1.29 is 4.79 Å². The van der Waals surface area contributed by atoms with Crippen LogP contribution in [0.4, 0.5) is 5.69 Å². The number of rotatable bonds is 1. The molecular weight excluding hydrogens is 194 g/mol. The Morgan fingerprint density at radius 3 is 2.79 bits per heavy atom. The monoisotopic (exact) mass is 205 g/mol. The third-order valence-corrected chi connectivity index (χ3v) is 3.25. The van der Waals surface area contributed by atoms with Gasteiger partial charge in [0.2, 0.25) is 5.91 Å². The van der Waals surface area contributed by atoms with Crippen molar-refractivity contribution in [2.24, 2.45) is 0 Å². The van der Waals surface area contributed by atoms with Crippen molar-refractivity contribution >= 4 is 33.0 Å². The van der Waals surface area contributed by atoms with Crippen molar-refractivity contribution in [1.29, 1.82) is 0 Å². The van der Waals surface area contributed by atoms with Gasteiger partial charge >= 0.3 is 0 Å². The molecule has 0 radical (unpaired) electrons. The van der Waals surface area contributed by atoms with Gasteiger partial charge < -0.3 is 4.90 Å². The van der Waals surface area contributed by atoms with E-state index < -0.39 is 0 Å². The average molecular weight is 205 g/mol. The second-order valence-electron chi connectivity index (χ2n) is 3.20. The van der Waals surface area contributed by atoms with E-state index in [1.807, 2.05) is 23.6 Å². The second kappa shape index (κ2) is 3.42. The maximum Gasteiger partial charge on any atom is 0.223 e. The molecule has 1 heterocycles. The van der Waals surface area contributed by atoms with Crippen LogP contribution in [0.5, 0.6) is 0 Å². The summed E-state index contributed by atoms with van der Waals surface area (Å²) in [6.07, 6.45) is 0. The van der Waals surface area contributed by atoms with Crippen LogP contribution in [0.2, 0.25) is 0 Å². The maximum atomic E-state index is 11.2. The molecule has 72 valence electrons. The summed E-state index contributed by atoms with van der Waals surface area (Å²) < 4.78 is 1.22. The lowest BCUT2D eigenvalue weighted by Gasteiger charge is -2.13. The van der Waals surface area contributed by atoms with Crippen LogP contribution >= 0.6 is 11.3 Å². The van der Waals surface area contributed by atoms with Crippen LogP contribution < -0.4 is 4.90 Å². The minimum Gasteiger partial charge on any atom is -0.314 e. The number of anilines is 1. The molecule has 0 fully saturated rings. The Balaban J connectivity index is 2.58. The molecule has 0 unspecified atom stereocenters. The van der Waals surface area contributed by atoms with E-state index in [4.69, 9.17) is 0 Å². The molecule has 0 atom stereocenters. The fourth-order valence-corrected chi connectivity index (χ4v) is 2.37. The topological polar surface area (TPSA) is 20.3 Å². The number of thiophene rings is 1. The molecule has 0 saturated heterocycles. The van der Waals surface area contributed by atoms with E-state index in [1.54, 1.807) is 30.2 Å². The van der Waals surface area contributed by atoms with Crippen LogP contribution in [-0.2, 0) is 4.79 Å². The normalized spacial score (nSPS) is 10.4. The first-order chi connectivity index (χ1) is 6.70. The summed E-state index contributed by atoms with van der Waals surface area (Å²) in [7, 11) is 1.80. The molecule has 1 aromatic carbocycles. The SMILES string of the molecule is CC(=O)N(C)c1csc2ccccc12.